The molecule has 10 heteroatoms. The molecular weight excluding hydrogens is 506 g/mol. The average molecular weight is 542 g/mol. The Kier molecular flexibility index (Phi) is 7.79. The van der Waals surface area contributed by atoms with Gasteiger partial charge in [-0.3, -0.25) is 14.5 Å². The van der Waals surface area contributed by atoms with E-state index in [1.165, 1.54) is 21.1 Å². The van der Waals surface area contributed by atoms with Gasteiger partial charge in [0, 0.05) is 11.1 Å². The highest BCUT2D eigenvalue weighted by Crippen LogP contribution is 2.51. The Morgan fingerprint density at radius 2 is 1.87 bits per heavy atom. The van der Waals surface area contributed by atoms with Crippen LogP contribution in [-0.4, -0.2) is 62.0 Å². The zero-order valence-electron chi connectivity index (χ0n) is 23.3. The van der Waals surface area contributed by atoms with Crippen LogP contribution in [0.25, 0.3) is 0 Å². The minimum atomic E-state index is -1.37. The van der Waals surface area contributed by atoms with Gasteiger partial charge in [0.25, 0.3) is 5.91 Å². The molecule has 2 heterocycles. The van der Waals surface area contributed by atoms with Crippen LogP contribution in [0.2, 0.25) is 0 Å². The first-order chi connectivity index (χ1) is 18.4. The summed E-state index contributed by atoms with van der Waals surface area (Å²) >= 11 is 0. The Bertz CT molecular complexity index is 1280. The standard InChI is InChI=1S/C29H35NO9/c1-15-11-18-24-20(12-15)37-14-22(29(3,4)5)30(24)27(32)21(13-23(31)38-16(2)28(33)34)39-25(18)17-9-8-10-19(35-6)26(17)36-7/h8-12,16,21-22,25H,13-14H2,1-7H3,(H,33,34). The Hall–Kier alpha value is -3.79. The van der Waals surface area contributed by atoms with Crippen molar-refractivity contribution in [1.82, 2.24) is 0 Å². The number of ether oxygens (including phenoxy) is 5. The SMILES string of the molecule is COc1cccc(C2OC(CC(=O)OC(C)C(=O)O)C(=O)N3c4c(cc(C)cc42)OCC3C(C)(C)C)c1OC. The van der Waals surface area contributed by atoms with Crippen LogP contribution in [-0.2, 0) is 23.9 Å². The maximum Gasteiger partial charge on any atom is 0.344 e. The second kappa shape index (κ2) is 10.8. The largest absolute Gasteiger partial charge is 0.493 e. The number of para-hydroxylation sites is 1. The molecule has 1 N–H and O–H groups in total. The maximum atomic E-state index is 14.2. The van der Waals surface area contributed by atoms with Crippen molar-refractivity contribution in [3.63, 3.8) is 0 Å². The molecule has 4 rings (SSSR count). The van der Waals surface area contributed by atoms with Gasteiger partial charge in [-0.1, -0.05) is 39.0 Å². The molecular formula is C29H35NO9. The van der Waals surface area contributed by atoms with E-state index in [-0.39, 0.29) is 18.1 Å². The van der Waals surface area contributed by atoms with Crippen LogP contribution in [0.4, 0.5) is 5.69 Å². The first kappa shape index (κ1) is 28.2. The van der Waals surface area contributed by atoms with Crippen molar-refractivity contribution in [3.05, 3.63) is 47.0 Å². The van der Waals surface area contributed by atoms with E-state index in [2.05, 4.69) is 0 Å². The number of nitrogens with zero attached hydrogens (tertiary/aromatic N) is 1. The van der Waals surface area contributed by atoms with Crippen molar-refractivity contribution < 1.29 is 43.2 Å². The number of aryl methyl sites for hydroxylation is 1. The number of aliphatic carboxylic acids is 1. The highest BCUT2D eigenvalue weighted by atomic mass is 16.6. The summed E-state index contributed by atoms with van der Waals surface area (Å²) in [5.74, 6) is -1.15. The summed E-state index contributed by atoms with van der Waals surface area (Å²) in [5.41, 5.74) is 2.35. The van der Waals surface area contributed by atoms with Crippen molar-refractivity contribution in [2.75, 3.05) is 25.7 Å². The number of carbonyl (C=O) groups excluding carboxylic acids is 2. The predicted molar refractivity (Wildman–Crippen MR) is 141 cm³/mol. The quantitative estimate of drug-likeness (QED) is 0.518. The fourth-order valence-electron chi connectivity index (χ4n) is 5.03. The lowest BCUT2D eigenvalue weighted by molar-refractivity contribution is -0.166. The van der Waals surface area contributed by atoms with Crippen molar-refractivity contribution in [1.29, 1.82) is 0 Å². The van der Waals surface area contributed by atoms with Crippen LogP contribution >= 0.6 is 0 Å². The highest BCUT2D eigenvalue weighted by molar-refractivity contribution is 6.02. The normalized spacial score (nSPS) is 21.3. The van der Waals surface area contributed by atoms with E-state index in [9.17, 15) is 19.5 Å². The van der Waals surface area contributed by atoms with Gasteiger partial charge in [-0.25, -0.2) is 4.79 Å². The molecule has 0 saturated carbocycles. The van der Waals surface area contributed by atoms with E-state index < -0.39 is 42.6 Å². The predicted octanol–water partition coefficient (Wildman–Crippen LogP) is 4.05. The van der Waals surface area contributed by atoms with E-state index in [0.717, 1.165) is 5.56 Å². The van der Waals surface area contributed by atoms with Crippen molar-refractivity contribution in [3.8, 4) is 17.2 Å². The number of amides is 1. The molecule has 2 aliphatic heterocycles. The zero-order chi connectivity index (χ0) is 28.6. The van der Waals surface area contributed by atoms with E-state index in [0.29, 0.717) is 34.1 Å². The van der Waals surface area contributed by atoms with Gasteiger partial charge in [0.05, 0.1) is 32.4 Å². The third kappa shape index (κ3) is 5.38. The van der Waals surface area contributed by atoms with Gasteiger partial charge in [-0.15, -0.1) is 0 Å². The van der Waals surface area contributed by atoms with Gasteiger partial charge in [0.15, 0.2) is 17.6 Å². The van der Waals surface area contributed by atoms with Gasteiger partial charge in [0.2, 0.25) is 0 Å². The Morgan fingerprint density at radius 1 is 1.15 bits per heavy atom. The number of anilines is 1. The minimum absolute atomic E-state index is 0.255. The molecule has 0 spiro atoms. The maximum absolute atomic E-state index is 14.2. The summed E-state index contributed by atoms with van der Waals surface area (Å²) in [6.07, 6.45) is -3.97. The molecule has 4 unspecified atom stereocenters. The van der Waals surface area contributed by atoms with Gasteiger partial charge in [-0.05, 0) is 37.0 Å². The Labute approximate surface area is 227 Å². The summed E-state index contributed by atoms with van der Waals surface area (Å²) < 4.78 is 29.0. The third-order valence-corrected chi connectivity index (χ3v) is 7.02. The average Bonchev–Trinajstić information content (AvgIpc) is 2.98. The van der Waals surface area contributed by atoms with Gasteiger partial charge in [-0.2, -0.15) is 0 Å². The number of rotatable bonds is 7. The van der Waals surface area contributed by atoms with Crippen LogP contribution in [0.1, 0.15) is 56.9 Å². The minimum Gasteiger partial charge on any atom is -0.493 e. The van der Waals surface area contributed by atoms with E-state index >= 15 is 0 Å². The van der Waals surface area contributed by atoms with E-state index in [1.807, 2.05) is 45.9 Å². The summed E-state index contributed by atoms with van der Waals surface area (Å²) in [7, 11) is 3.04. The molecule has 4 atom stereocenters. The summed E-state index contributed by atoms with van der Waals surface area (Å²) in [6, 6.07) is 8.80. The lowest BCUT2D eigenvalue weighted by Crippen LogP contribution is -2.56. The Balaban J connectivity index is 1.92. The van der Waals surface area contributed by atoms with Crippen LogP contribution in [0.3, 0.4) is 0 Å². The van der Waals surface area contributed by atoms with Crippen LogP contribution in [0, 0.1) is 12.3 Å². The molecule has 2 aromatic carbocycles. The van der Waals surface area contributed by atoms with Gasteiger partial charge >= 0.3 is 11.9 Å². The third-order valence-electron chi connectivity index (χ3n) is 7.02. The zero-order valence-corrected chi connectivity index (χ0v) is 23.3. The number of carboxylic acid groups (broad SMARTS) is 1. The molecule has 0 aliphatic carbocycles. The number of hydrogen-bond donors (Lipinski definition) is 1. The topological polar surface area (TPSA) is 121 Å². The van der Waals surface area contributed by atoms with Crippen molar-refractivity contribution in [2.45, 2.75) is 65.4 Å². The summed E-state index contributed by atoms with van der Waals surface area (Å²) in [4.78, 5) is 40.0. The second-order valence-electron chi connectivity index (χ2n) is 10.9. The molecule has 0 aromatic heterocycles. The van der Waals surface area contributed by atoms with E-state index in [1.54, 1.807) is 17.0 Å². The van der Waals surface area contributed by atoms with Crippen molar-refractivity contribution in [2.24, 2.45) is 5.41 Å². The fourth-order valence-corrected chi connectivity index (χ4v) is 5.03. The van der Waals surface area contributed by atoms with Crippen LogP contribution in [0.15, 0.2) is 30.3 Å². The first-order valence-corrected chi connectivity index (χ1v) is 12.8. The molecule has 10 nitrogen and oxygen atoms in total. The molecule has 0 saturated heterocycles. The molecule has 0 fully saturated rings. The Morgan fingerprint density at radius 3 is 2.49 bits per heavy atom. The smallest absolute Gasteiger partial charge is 0.344 e. The van der Waals surface area contributed by atoms with Crippen molar-refractivity contribution >= 4 is 23.5 Å². The molecule has 1 amide bonds. The summed E-state index contributed by atoms with van der Waals surface area (Å²) in [6.45, 7) is 9.47. The number of carboxylic acids is 1. The van der Waals surface area contributed by atoms with Crippen LogP contribution in [0.5, 0.6) is 17.2 Å². The highest BCUT2D eigenvalue weighted by Gasteiger charge is 2.48. The monoisotopic (exact) mass is 541 g/mol. The fraction of sp³-hybridized carbons (Fsp3) is 0.483. The molecule has 2 aromatic rings. The molecule has 0 bridgehead atoms. The molecule has 210 valence electrons. The number of benzene rings is 2. The number of esters is 1. The molecule has 39 heavy (non-hydrogen) atoms. The number of hydrogen-bond acceptors (Lipinski definition) is 8. The first-order valence-electron chi connectivity index (χ1n) is 12.8. The molecule has 2 aliphatic rings. The van der Waals surface area contributed by atoms with Crippen LogP contribution < -0.4 is 19.1 Å². The molecule has 0 radical (unpaired) electrons. The number of methoxy groups -OCH3 is 2. The lowest BCUT2D eigenvalue weighted by atomic mass is 9.84. The van der Waals surface area contributed by atoms with Gasteiger partial charge in [0.1, 0.15) is 24.6 Å². The second-order valence-corrected chi connectivity index (χ2v) is 10.9. The van der Waals surface area contributed by atoms with E-state index in [4.69, 9.17) is 23.7 Å². The summed E-state index contributed by atoms with van der Waals surface area (Å²) in [5, 5.41) is 9.20. The van der Waals surface area contributed by atoms with Gasteiger partial charge < -0.3 is 28.8 Å². The number of carbonyl (C=O) groups is 3. The lowest BCUT2D eigenvalue weighted by Gasteiger charge is -2.44.